The molecule has 2 aromatic rings. The molecule has 0 radical (unpaired) electrons. The minimum atomic E-state index is 0.808. The highest BCUT2D eigenvalue weighted by Gasteiger charge is 2.08. The maximum atomic E-state index is 4.26. The first-order chi connectivity index (χ1) is 10.4. The van der Waals surface area contributed by atoms with Crippen molar-refractivity contribution in [3.8, 4) is 0 Å². The molecule has 0 aliphatic heterocycles. The van der Waals surface area contributed by atoms with Gasteiger partial charge in [-0.2, -0.15) is 5.10 Å². The monoisotopic (exact) mass is 281 g/mol. The molecular formula is C18H23N3. The van der Waals surface area contributed by atoms with Crippen LogP contribution in [-0.2, 0) is 13.1 Å². The van der Waals surface area contributed by atoms with Gasteiger partial charge in [0.05, 0.1) is 6.54 Å². The minimum absolute atomic E-state index is 0.808. The van der Waals surface area contributed by atoms with Crippen molar-refractivity contribution in [3.63, 3.8) is 0 Å². The molecule has 3 rings (SSSR count). The number of nitrogens with one attached hydrogen (secondary N) is 1. The smallest absolute Gasteiger partial charge is 0.0659 e. The van der Waals surface area contributed by atoms with Crippen molar-refractivity contribution in [2.24, 2.45) is 5.92 Å². The molecule has 21 heavy (non-hydrogen) atoms. The molecule has 0 bridgehead atoms. The molecule has 1 atom stereocenters. The standard InChI is InChI=1S/C18H23N3/c1-2-6-16(7-3-1)13-19-14-17-8-4-9-18(12-17)15-21-11-5-10-20-21/h1-2,4-5,8-12,16,19H,3,6-7,13-15H2. The lowest BCUT2D eigenvalue weighted by Crippen LogP contribution is -2.23. The van der Waals surface area contributed by atoms with E-state index in [2.05, 4.69) is 46.8 Å². The summed E-state index contributed by atoms with van der Waals surface area (Å²) in [7, 11) is 0. The predicted molar refractivity (Wildman–Crippen MR) is 86.0 cm³/mol. The molecule has 0 saturated heterocycles. The zero-order valence-electron chi connectivity index (χ0n) is 12.4. The van der Waals surface area contributed by atoms with E-state index in [1.807, 2.05) is 23.1 Å². The van der Waals surface area contributed by atoms with Gasteiger partial charge in [0.2, 0.25) is 0 Å². The second-order valence-corrected chi connectivity index (χ2v) is 5.80. The normalized spacial score (nSPS) is 18.0. The number of rotatable bonds is 6. The SMILES string of the molecule is C1=CCC(CNCc2cccc(Cn3cccn3)c2)CC1. The predicted octanol–water partition coefficient (Wildman–Crippen LogP) is 3.38. The average molecular weight is 281 g/mol. The van der Waals surface area contributed by atoms with Gasteiger partial charge < -0.3 is 5.32 Å². The van der Waals surface area contributed by atoms with E-state index >= 15 is 0 Å². The summed E-state index contributed by atoms with van der Waals surface area (Å²) in [5.41, 5.74) is 2.66. The van der Waals surface area contributed by atoms with Gasteiger partial charge in [-0.15, -0.1) is 0 Å². The van der Waals surface area contributed by atoms with E-state index in [9.17, 15) is 0 Å². The first-order valence-corrected chi connectivity index (χ1v) is 7.81. The number of nitrogens with zero attached hydrogens (tertiary/aromatic N) is 2. The first kappa shape index (κ1) is 14.1. The lowest BCUT2D eigenvalue weighted by molar-refractivity contribution is 0.440. The van der Waals surface area contributed by atoms with Gasteiger partial charge in [-0.1, -0.05) is 36.4 Å². The van der Waals surface area contributed by atoms with Crippen LogP contribution in [0.25, 0.3) is 0 Å². The van der Waals surface area contributed by atoms with E-state index in [-0.39, 0.29) is 0 Å². The van der Waals surface area contributed by atoms with Crippen LogP contribution in [0.4, 0.5) is 0 Å². The Balaban J connectivity index is 1.50. The van der Waals surface area contributed by atoms with Crippen LogP contribution in [0.3, 0.4) is 0 Å². The summed E-state index contributed by atoms with van der Waals surface area (Å²) in [6.07, 6.45) is 12.2. The van der Waals surface area contributed by atoms with Gasteiger partial charge in [-0.3, -0.25) is 4.68 Å². The van der Waals surface area contributed by atoms with Crippen LogP contribution in [0.2, 0.25) is 0 Å². The molecule has 1 unspecified atom stereocenters. The van der Waals surface area contributed by atoms with Gasteiger partial charge in [0.1, 0.15) is 0 Å². The van der Waals surface area contributed by atoms with E-state index in [1.54, 1.807) is 0 Å². The van der Waals surface area contributed by atoms with Crippen LogP contribution in [0, 0.1) is 5.92 Å². The number of hydrogen-bond acceptors (Lipinski definition) is 2. The Morgan fingerprint density at radius 2 is 2.14 bits per heavy atom. The third-order valence-corrected chi connectivity index (χ3v) is 4.03. The Hall–Kier alpha value is -1.87. The molecule has 0 amide bonds. The number of aromatic nitrogens is 2. The maximum absolute atomic E-state index is 4.26. The van der Waals surface area contributed by atoms with Gasteiger partial charge >= 0.3 is 0 Å². The fourth-order valence-electron chi connectivity index (χ4n) is 2.88. The number of benzene rings is 1. The Bertz CT molecular complexity index is 572. The summed E-state index contributed by atoms with van der Waals surface area (Å²) < 4.78 is 1.96. The van der Waals surface area contributed by atoms with Crippen molar-refractivity contribution in [2.75, 3.05) is 6.54 Å². The lowest BCUT2D eigenvalue weighted by Gasteiger charge is -2.18. The van der Waals surface area contributed by atoms with E-state index in [0.29, 0.717) is 0 Å². The van der Waals surface area contributed by atoms with E-state index in [4.69, 9.17) is 0 Å². The van der Waals surface area contributed by atoms with Gasteiger partial charge in [-0.25, -0.2) is 0 Å². The Labute approximate surface area is 126 Å². The summed E-state index contributed by atoms with van der Waals surface area (Å²) in [4.78, 5) is 0. The molecule has 0 spiro atoms. The van der Waals surface area contributed by atoms with E-state index in [1.165, 1.54) is 30.4 Å². The number of allylic oxidation sites excluding steroid dienone is 2. The molecule has 3 nitrogen and oxygen atoms in total. The molecule has 1 N–H and O–H groups in total. The highest BCUT2D eigenvalue weighted by molar-refractivity contribution is 5.23. The van der Waals surface area contributed by atoms with Gasteiger partial charge in [0.25, 0.3) is 0 Å². The van der Waals surface area contributed by atoms with E-state index in [0.717, 1.165) is 25.6 Å². The van der Waals surface area contributed by atoms with Crippen LogP contribution in [0.15, 0.2) is 54.9 Å². The van der Waals surface area contributed by atoms with Crippen LogP contribution in [0.5, 0.6) is 0 Å². The molecule has 0 fully saturated rings. The highest BCUT2D eigenvalue weighted by Crippen LogP contribution is 2.17. The molecule has 1 aromatic carbocycles. The molecule has 1 aliphatic rings. The quantitative estimate of drug-likeness (QED) is 0.823. The van der Waals surface area contributed by atoms with Gasteiger partial charge in [-0.05, 0) is 48.9 Å². The van der Waals surface area contributed by atoms with Crippen LogP contribution < -0.4 is 5.32 Å². The topological polar surface area (TPSA) is 29.9 Å². The highest BCUT2D eigenvalue weighted by atomic mass is 15.3. The Morgan fingerprint density at radius 3 is 2.95 bits per heavy atom. The first-order valence-electron chi connectivity index (χ1n) is 7.81. The molecule has 3 heteroatoms. The van der Waals surface area contributed by atoms with Crippen LogP contribution in [0.1, 0.15) is 30.4 Å². The summed E-state index contributed by atoms with van der Waals surface area (Å²) in [6.45, 7) is 2.91. The number of hydrogen-bond donors (Lipinski definition) is 1. The maximum Gasteiger partial charge on any atom is 0.0659 e. The lowest BCUT2D eigenvalue weighted by atomic mass is 9.94. The summed E-state index contributed by atoms with van der Waals surface area (Å²) in [5.74, 6) is 0.808. The molecule has 1 aromatic heterocycles. The molecular weight excluding hydrogens is 258 g/mol. The third kappa shape index (κ3) is 4.30. The van der Waals surface area contributed by atoms with Crippen molar-refractivity contribution >= 4 is 0 Å². The Kier molecular flexibility index (Phi) is 4.85. The van der Waals surface area contributed by atoms with Crippen LogP contribution >= 0.6 is 0 Å². The van der Waals surface area contributed by atoms with Gasteiger partial charge in [0, 0.05) is 18.9 Å². The van der Waals surface area contributed by atoms with Crippen molar-refractivity contribution in [3.05, 3.63) is 66.0 Å². The average Bonchev–Trinajstić information content (AvgIpc) is 3.02. The Morgan fingerprint density at radius 1 is 1.19 bits per heavy atom. The van der Waals surface area contributed by atoms with Crippen molar-refractivity contribution < 1.29 is 0 Å². The van der Waals surface area contributed by atoms with Gasteiger partial charge in [0.15, 0.2) is 0 Å². The fourth-order valence-corrected chi connectivity index (χ4v) is 2.88. The van der Waals surface area contributed by atoms with Crippen molar-refractivity contribution in [2.45, 2.75) is 32.4 Å². The second kappa shape index (κ2) is 7.23. The molecule has 1 aliphatic carbocycles. The summed E-state index contributed by atoms with van der Waals surface area (Å²) >= 11 is 0. The zero-order chi connectivity index (χ0) is 14.3. The largest absolute Gasteiger partial charge is 0.312 e. The van der Waals surface area contributed by atoms with Crippen molar-refractivity contribution in [1.29, 1.82) is 0 Å². The zero-order valence-corrected chi connectivity index (χ0v) is 12.4. The van der Waals surface area contributed by atoms with E-state index < -0.39 is 0 Å². The second-order valence-electron chi connectivity index (χ2n) is 5.80. The van der Waals surface area contributed by atoms with Crippen LogP contribution in [-0.4, -0.2) is 16.3 Å². The molecule has 110 valence electrons. The molecule has 0 saturated carbocycles. The summed E-state index contributed by atoms with van der Waals surface area (Å²) in [6, 6.07) is 10.7. The third-order valence-electron chi connectivity index (χ3n) is 4.03. The van der Waals surface area contributed by atoms with Crippen molar-refractivity contribution in [1.82, 2.24) is 15.1 Å². The molecule has 1 heterocycles. The minimum Gasteiger partial charge on any atom is -0.312 e. The summed E-state index contributed by atoms with van der Waals surface area (Å²) in [5, 5.41) is 7.86. The fraction of sp³-hybridized carbons (Fsp3) is 0.389.